The average Bonchev–Trinajstić information content (AvgIpc) is 2.68. The van der Waals surface area contributed by atoms with Crippen LogP contribution in [0.4, 0.5) is 5.69 Å². The Morgan fingerprint density at radius 1 is 1.21 bits per heavy atom. The Hall–Kier alpha value is -2.86. The van der Waals surface area contributed by atoms with E-state index < -0.39 is 28.5 Å². The number of terminal acetylenes is 1. The van der Waals surface area contributed by atoms with E-state index in [0.717, 1.165) is 6.07 Å². The van der Waals surface area contributed by atoms with Gasteiger partial charge in [-0.3, -0.25) is 4.79 Å². The molecule has 0 radical (unpaired) electrons. The van der Waals surface area contributed by atoms with Crippen molar-refractivity contribution in [3.63, 3.8) is 0 Å². The molecule has 0 aliphatic heterocycles. The van der Waals surface area contributed by atoms with Gasteiger partial charge in [-0.15, -0.1) is 6.42 Å². The van der Waals surface area contributed by atoms with E-state index in [1.807, 2.05) is 0 Å². The smallest absolute Gasteiger partial charge is 0.338 e. The molecular weight excluding hydrogens is 404 g/mol. The van der Waals surface area contributed by atoms with Gasteiger partial charge in [0, 0.05) is 10.7 Å². The number of halogens is 1. The second kappa shape index (κ2) is 9.37. The molecule has 0 bridgehead atoms. The van der Waals surface area contributed by atoms with Crippen molar-refractivity contribution < 1.29 is 22.7 Å². The fraction of sp³-hybridized carbons (Fsp3) is 0.158. The number of sulfonamides is 1. The second-order valence-electron chi connectivity index (χ2n) is 5.59. The SMILES string of the molecule is C#CCNS(=O)(=O)c1cccc(C(=O)OCC(=O)Nc2cccc(Cl)c2C)c1. The molecule has 2 aromatic rings. The zero-order chi connectivity index (χ0) is 20.7. The van der Waals surface area contributed by atoms with E-state index in [1.54, 1.807) is 25.1 Å². The first-order valence-electron chi connectivity index (χ1n) is 8.00. The molecule has 0 saturated carbocycles. The fourth-order valence-electron chi connectivity index (χ4n) is 2.15. The third-order valence-electron chi connectivity index (χ3n) is 3.62. The molecule has 2 N–H and O–H groups in total. The second-order valence-corrected chi connectivity index (χ2v) is 7.77. The minimum Gasteiger partial charge on any atom is -0.452 e. The number of benzene rings is 2. The highest BCUT2D eigenvalue weighted by molar-refractivity contribution is 7.89. The van der Waals surface area contributed by atoms with Crippen LogP contribution in [0.15, 0.2) is 47.4 Å². The Bertz CT molecular complexity index is 1040. The predicted octanol–water partition coefficient (Wildman–Crippen LogP) is 2.36. The highest BCUT2D eigenvalue weighted by Crippen LogP contribution is 2.22. The molecule has 9 heteroatoms. The summed E-state index contributed by atoms with van der Waals surface area (Å²) in [5.41, 5.74) is 1.16. The average molecular weight is 421 g/mol. The first kappa shape index (κ1) is 21.4. The van der Waals surface area contributed by atoms with Gasteiger partial charge < -0.3 is 10.1 Å². The summed E-state index contributed by atoms with van der Waals surface area (Å²) in [7, 11) is -3.85. The fourth-order valence-corrected chi connectivity index (χ4v) is 3.31. The molecule has 0 aliphatic rings. The van der Waals surface area contributed by atoms with Crippen LogP contribution in [0.2, 0.25) is 5.02 Å². The summed E-state index contributed by atoms with van der Waals surface area (Å²) >= 11 is 5.99. The van der Waals surface area contributed by atoms with Gasteiger partial charge in [0.25, 0.3) is 5.91 Å². The third kappa shape index (κ3) is 5.57. The molecule has 7 nitrogen and oxygen atoms in total. The van der Waals surface area contributed by atoms with E-state index in [1.165, 1.54) is 18.2 Å². The van der Waals surface area contributed by atoms with Gasteiger partial charge >= 0.3 is 5.97 Å². The van der Waals surface area contributed by atoms with Crippen molar-refractivity contribution >= 4 is 39.2 Å². The van der Waals surface area contributed by atoms with E-state index in [9.17, 15) is 18.0 Å². The van der Waals surface area contributed by atoms with Gasteiger partial charge in [0.15, 0.2) is 6.61 Å². The molecule has 2 aromatic carbocycles. The number of nitrogens with one attached hydrogen (secondary N) is 2. The molecule has 0 heterocycles. The lowest BCUT2D eigenvalue weighted by Gasteiger charge is -2.10. The standard InChI is InChI=1S/C19H17ClN2O5S/c1-3-10-21-28(25,26)15-7-4-6-14(11-15)19(24)27-12-18(23)22-17-9-5-8-16(20)13(17)2/h1,4-9,11,21H,10,12H2,2H3,(H,22,23). The Morgan fingerprint density at radius 2 is 1.93 bits per heavy atom. The molecule has 0 aromatic heterocycles. The highest BCUT2D eigenvalue weighted by Gasteiger charge is 2.17. The molecule has 1 amide bonds. The third-order valence-corrected chi connectivity index (χ3v) is 5.43. The van der Waals surface area contributed by atoms with Crippen molar-refractivity contribution in [1.29, 1.82) is 0 Å². The molecular formula is C19H17ClN2O5S. The van der Waals surface area contributed by atoms with Gasteiger partial charge in [-0.05, 0) is 42.8 Å². The van der Waals surface area contributed by atoms with Crippen molar-refractivity contribution in [1.82, 2.24) is 4.72 Å². The normalized spacial score (nSPS) is 10.8. The van der Waals surface area contributed by atoms with Crippen molar-refractivity contribution in [2.75, 3.05) is 18.5 Å². The maximum atomic E-state index is 12.1. The van der Waals surface area contributed by atoms with Gasteiger partial charge in [0.05, 0.1) is 17.0 Å². The van der Waals surface area contributed by atoms with Crippen LogP contribution in [0.25, 0.3) is 0 Å². The van der Waals surface area contributed by atoms with Crippen molar-refractivity contribution in [3.8, 4) is 12.3 Å². The molecule has 0 atom stereocenters. The van der Waals surface area contributed by atoms with Gasteiger partial charge in [-0.25, -0.2) is 13.2 Å². The first-order chi connectivity index (χ1) is 13.2. The van der Waals surface area contributed by atoms with Gasteiger partial charge in [-0.1, -0.05) is 29.7 Å². The Morgan fingerprint density at radius 3 is 2.64 bits per heavy atom. The maximum Gasteiger partial charge on any atom is 0.338 e. The quantitative estimate of drug-likeness (QED) is 0.529. The molecule has 0 spiro atoms. The number of anilines is 1. The van der Waals surface area contributed by atoms with Crippen LogP contribution in [0.3, 0.4) is 0 Å². The number of ether oxygens (including phenoxy) is 1. The van der Waals surface area contributed by atoms with Crippen LogP contribution in [0.5, 0.6) is 0 Å². The Labute approximate surface area is 168 Å². The van der Waals surface area contributed by atoms with Crippen LogP contribution >= 0.6 is 11.6 Å². The molecule has 0 unspecified atom stereocenters. The van der Waals surface area contributed by atoms with E-state index >= 15 is 0 Å². The number of carbonyl (C=O) groups is 2. The Balaban J connectivity index is 2.01. The van der Waals surface area contributed by atoms with Crippen molar-refractivity contribution in [2.24, 2.45) is 0 Å². The zero-order valence-electron chi connectivity index (χ0n) is 14.9. The van der Waals surface area contributed by atoms with E-state index in [2.05, 4.69) is 16.0 Å². The van der Waals surface area contributed by atoms with Gasteiger partial charge in [-0.2, -0.15) is 4.72 Å². The van der Waals surface area contributed by atoms with E-state index in [0.29, 0.717) is 16.3 Å². The van der Waals surface area contributed by atoms with Crippen LogP contribution < -0.4 is 10.0 Å². The molecule has 0 saturated heterocycles. The summed E-state index contributed by atoms with van der Waals surface area (Å²) in [6.45, 7) is 1.02. The number of esters is 1. The zero-order valence-corrected chi connectivity index (χ0v) is 16.4. The van der Waals surface area contributed by atoms with E-state index in [-0.39, 0.29) is 17.0 Å². The number of carbonyl (C=O) groups excluding carboxylic acids is 2. The van der Waals surface area contributed by atoms with Gasteiger partial charge in [0.2, 0.25) is 10.0 Å². The summed E-state index contributed by atoms with van der Waals surface area (Å²) in [6, 6.07) is 10.2. The summed E-state index contributed by atoms with van der Waals surface area (Å²) in [5, 5.41) is 3.08. The molecule has 146 valence electrons. The summed E-state index contributed by atoms with van der Waals surface area (Å²) in [5.74, 6) is 0.758. The lowest BCUT2D eigenvalue weighted by atomic mass is 10.2. The number of hydrogen-bond donors (Lipinski definition) is 2. The summed E-state index contributed by atoms with van der Waals surface area (Å²) in [6.07, 6.45) is 5.04. The molecule has 0 fully saturated rings. The summed E-state index contributed by atoms with van der Waals surface area (Å²) in [4.78, 5) is 24.0. The summed E-state index contributed by atoms with van der Waals surface area (Å²) < 4.78 is 31.3. The van der Waals surface area contributed by atoms with Crippen molar-refractivity contribution in [2.45, 2.75) is 11.8 Å². The van der Waals surface area contributed by atoms with E-state index in [4.69, 9.17) is 22.8 Å². The highest BCUT2D eigenvalue weighted by atomic mass is 35.5. The van der Waals surface area contributed by atoms with Crippen LogP contribution in [0, 0.1) is 19.3 Å². The number of amides is 1. The topological polar surface area (TPSA) is 102 Å². The molecule has 28 heavy (non-hydrogen) atoms. The lowest BCUT2D eigenvalue weighted by molar-refractivity contribution is -0.119. The van der Waals surface area contributed by atoms with Crippen molar-refractivity contribution in [3.05, 3.63) is 58.6 Å². The number of hydrogen-bond acceptors (Lipinski definition) is 5. The first-order valence-corrected chi connectivity index (χ1v) is 9.86. The maximum absolute atomic E-state index is 12.1. The van der Waals surface area contributed by atoms with Crippen LogP contribution in [-0.2, 0) is 19.6 Å². The number of rotatable bonds is 7. The lowest BCUT2D eigenvalue weighted by Crippen LogP contribution is -2.24. The molecule has 0 aliphatic carbocycles. The minimum atomic E-state index is -3.85. The minimum absolute atomic E-state index is 0.0182. The van der Waals surface area contributed by atoms with Gasteiger partial charge in [0.1, 0.15) is 0 Å². The predicted molar refractivity (Wildman–Crippen MR) is 106 cm³/mol. The molecule has 2 rings (SSSR count). The van der Waals surface area contributed by atoms with Crippen LogP contribution in [-0.4, -0.2) is 33.4 Å². The Kier molecular flexibility index (Phi) is 7.18. The van der Waals surface area contributed by atoms with Crippen LogP contribution in [0.1, 0.15) is 15.9 Å². The monoisotopic (exact) mass is 420 g/mol. The largest absolute Gasteiger partial charge is 0.452 e.